The quantitative estimate of drug-likeness (QED) is 0.881. The first kappa shape index (κ1) is 15.3. The van der Waals surface area contributed by atoms with Crippen molar-refractivity contribution in [2.75, 3.05) is 6.61 Å². The van der Waals surface area contributed by atoms with Gasteiger partial charge in [-0.15, -0.1) is 11.3 Å². The SMILES string of the molecule is O=C(O)Cc1nccs1.OCCCc1ccccc1. The number of aliphatic hydroxyl groups is 1. The molecule has 0 aliphatic heterocycles. The van der Waals surface area contributed by atoms with Gasteiger partial charge < -0.3 is 10.2 Å². The van der Waals surface area contributed by atoms with Gasteiger partial charge in [0.15, 0.2) is 0 Å². The summed E-state index contributed by atoms with van der Waals surface area (Å²) in [6.07, 6.45) is 3.49. The molecule has 0 bridgehead atoms. The Hall–Kier alpha value is -1.72. The summed E-state index contributed by atoms with van der Waals surface area (Å²) in [7, 11) is 0. The number of aliphatic hydroxyl groups excluding tert-OH is 1. The molecule has 0 aliphatic carbocycles. The van der Waals surface area contributed by atoms with Crippen LogP contribution in [0.2, 0.25) is 0 Å². The highest BCUT2D eigenvalue weighted by Gasteiger charge is 2.00. The number of benzene rings is 1. The predicted molar refractivity (Wildman–Crippen MR) is 75.3 cm³/mol. The van der Waals surface area contributed by atoms with Gasteiger partial charge in [-0.05, 0) is 18.4 Å². The number of carboxylic acids is 1. The highest BCUT2D eigenvalue weighted by atomic mass is 32.1. The topological polar surface area (TPSA) is 70.4 Å². The Morgan fingerprint density at radius 2 is 2.00 bits per heavy atom. The monoisotopic (exact) mass is 279 g/mol. The molecule has 4 nitrogen and oxygen atoms in total. The fraction of sp³-hybridized carbons (Fsp3) is 0.286. The van der Waals surface area contributed by atoms with E-state index < -0.39 is 5.97 Å². The van der Waals surface area contributed by atoms with Crippen molar-refractivity contribution in [3.63, 3.8) is 0 Å². The summed E-state index contributed by atoms with van der Waals surface area (Å²) in [5.74, 6) is -0.829. The Balaban J connectivity index is 0.000000191. The Morgan fingerprint density at radius 1 is 1.26 bits per heavy atom. The van der Waals surface area contributed by atoms with Crippen LogP contribution >= 0.6 is 11.3 Å². The average molecular weight is 279 g/mol. The zero-order chi connectivity index (χ0) is 13.9. The van der Waals surface area contributed by atoms with E-state index in [1.54, 1.807) is 11.6 Å². The molecule has 0 saturated heterocycles. The third-order valence-corrected chi connectivity index (χ3v) is 3.03. The number of carbonyl (C=O) groups is 1. The molecule has 0 saturated carbocycles. The normalized spacial score (nSPS) is 9.53. The molecule has 0 aliphatic rings. The summed E-state index contributed by atoms with van der Waals surface area (Å²) >= 11 is 1.36. The maximum atomic E-state index is 10.0. The number of aromatic nitrogens is 1. The third kappa shape index (κ3) is 7.33. The number of thiazole rings is 1. The highest BCUT2D eigenvalue weighted by molar-refractivity contribution is 7.09. The molecule has 1 aromatic heterocycles. The van der Waals surface area contributed by atoms with Crippen molar-refractivity contribution in [1.82, 2.24) is 4.98 Å². The molecule has 19 heavy (non-hydrogen) atoms. The molecule has 2 aromatic rings. The molecule has 1 aromatic carbocycles. The maximum absolute atomic E-state index is 10.0. The van der Waals surface area contributed by atoms with Crippen LogP contribution in [-0.4, -0.2) is 27.8 Å². The number of nitrogens with zero attached hydrogens (tertiary/aromatic N) is 1. The van der Waals surface area contributed by atoms with Crippen LogP contribution < -0.4 is 0 Å². The van der Waals surface area contributed by atoms with Gasteiger partial charge in [0, 0.05) is 18.2 Å². The van der Waals surface area contributed by atoms with Crippen molar-refractivity contribution in [2.45, 2.75) is 19.3 Å². The van der Waals surface area contributed by atoms with Crippen molar-refractivity contribution in [3.8, 4) is 0 Å². The molecule has 0 spiro atoms. The molecule has 2 rings (SSSR count). The fourth-order valence-electron chi connectivity index (χ4n) is 1.40. The van der Waals surface area contributed by atoms with Gasteiger partial charge in [0.1, 0.15) is 5.01 Å². The molecule has 0 fully saturated rings. The minimum atomic E-state index is -0.829. The highest BCUT2D eigenvalue weighted by Crippen LogP contribution is 2.03. The summed E-state index contributed by atoms with van der Waals surface area (Å²) in [5.41, 5.74) is 1.30. The first-order valence-corrected chi connectivity index (χ1v) is 6.85. The van der Waals surface area contributed by atoms with Crippen LogP contribution in [-0.2, 0) is 17.6 Å². The van der Waals surface area contributed by atoms with E-state index in [2.05, 4.69) is 17.1 Å². The zero-order valence-corrected chi connectivity index (χ0v) is 11.3. The molecule has 0 amide bonds. The lowest BCUT2D eigenvalue weighted by Gasteiger charge is -1.96. The van der Waals surface area contributed by atoms with Crippen molar-refractivity contribution < 1.29 is 15.0 Å². The summed E-state index contributed by atoms with van der Waals surface area (Å²) in [5, 5.41) is 19.2. The van der Waals surface area contributed by atoms with Crippen LogP contribution in [0.4, 0.5) is 0 Å². The largest absolute Gasteiger partial charge is 0.481 e. The number of hydrogen-bond donors (Lipinski definition) is 2. The first-order valence-electron chi connectivity index (χ1n) is 5.97. The van der Waals surface area contributed by atoms with Gasteiger partial charge in [0.25, 0.3) is 0 Å². The molecule has 1 heterocycles. The summed E-state index contributed by atoms with van der Waals surface area (Å²) in [6, 6.07) is 10.2. The molecular weight excluding hydrogens is 262 g/mol. The number of hydrogen-bond acceptors (Lipinski definition) is 4. The second-order valence-electron chi connectivity index (χ2n) is 3.81. The van der Waals surface area contributed by atoms with Crippen LogP contribution in [0.5, 0.6) is 0 Å². The summed E-state index contributed by atoms with van der Waals surface area (Å²) in [4.78, 5) is 13.8. The van der Waals surface area contributed by atoms with E-state index in [4.69, 9.17) is 10.2 Å². The Kier molecular flexibility index (Phi) is 7.46. The van der Waals surface area contributed by atoms with Crippen LogP contribution in [0.25, 0.3) is 0 Å². The van der Waals surface area contributed by atoms with E-state index in [-0.39, 0.29) is 13.0 Å². The molecule has 102 valence electrons. The lowest BCUT2D eigenvalue weighted by molar-refractivity contribution is -0.136. The van der Waals surface area contributed by atoms with Gasteiger partial charge >= 0.3 is 5.97 Å². The van der Waals surface area contributed by atoms with Gasteiger partial charge in [0.05, 0.1) is 6.42 Å². The van der Waals surface area contributed by atoms with E-state index in [9.17, 15) is 4.79 Å². The average Bonchev–Trinajstić information content (AvgIpc) is 2.90. The number of carboxylic acid groups (broad SMARTS) is 1. The van der Waals surface area contributed by atoms with Crippen molar-refractivity contribution in [2.24, 2.45) is 0 Å². The molecule has 0 radical (unpaired) electrons. The standard InChI is InChI=1S/C9H12O.C5H5NO2S/c10-8-4-7-9-5-2-1-3-6-9;7-5(8)3-4-6-1-2-9-4/h1-3,5-6,10H,4,7-8H2;1-2H,3H2,(H,7,8). The predicted octanol–water partition coefficient (Wildman–Crippen LogP) is 2.38. The smallest absolute Gasteiger partial charge is 0.310 e. The van der Waals surface area contributed by atoms with Crippen LogP contribution in [0, 0.1) is 0 Å². The molecule has 0 unspecified atom stereocenters. The Bertz CT molecular complexity index is 457. The number of aryl methyl sites for hydroxylation is 1. The molecular formula is C14H17NO3S. The summed E-state index contributed by atoms with van der Waals surface area (Å²) < 4.78 is 0. The van der Waals surface area contributed by atoms with Gasteiger partial charge in [-0.1, -0.05) is 30.3 Å². The van der Waals surface area contributed by atoms with E-state index in [1.807, 2.05) is 18.2 Å². The van der Waals surface area contributed by atoms with Crippen molar-refractivity contribution >= 4 is 17.3 Å². The molecule has 5 heteroatoms. The molecule has 2 N–H and O–H groups in total. The van der Waals surface area contributed by atoms with Crippen molar-refractivity contribution in [3.05, 3.63) is 52.5 Å². The third-order valence-electron chi connectivity index (χ3n) is 2.25. The van der Waals surface area contributed by atoms with Crippen LogP contribution in [0.15, 0.2) is 41.9 Å². The zero-order valence-electron chi connectivity index (χ0n) is 10.5. The van der Waals surface area contributed by atoms with E-state index in [1.165, 1.54) is 16.9 Å². The van der Waals surface area contributed by atoms with Crippen molar-refractivity contribution in [1.29, 1.82) is 0 Å². The second kappa shape index (κ2) is 9.24. The van der Waals surface area contributed by atoms with E-state index in [0.717, 1.165) is 12.8 Å². The lowest BCUT2D eigenvalue weighted by Crippen LogP contribution is -1.98. The van der Waals surface area contributed by atoms with Crippen LogP contribution in [0.3, 0.4) is 0 Å². The minimum Gasteiger partial charge on any atom is -0.481 e. The fourth-order valence-corrected chi connectivity index (χ4v) is 2.00. The second-order valence-corrected chi connectivity index (χ2v) is 4.79. The van der Waals surface area contributed by atoms with E-state index >= 15 is 0 Å². The number of rotatable bonds is 5. The lowest BCUT2D eigenvalue weighted by atomic mass is 10.1. The Labute approximate surface area is 116 Å². The van der Waals surface area contributed by atoms with Crippen LogP contribution in [0.1, 0.15) is 17.0 Å². The van der Waals surface area contributed by atoms with Gasteiger partial charge in [-0.25, -0.2) is 4.98 Å². The first-order chi connectivity index (χ1) is 9.22. The van der Waals surface area contributed by atoms with E-state index in [0.29, 0.717) is 5.01 Å². The minimum absolute atomic E-state index is 0.0394. The number of aliphatic carboxylic acids is 1. The maximum Gasteiger partial charge on any atom is 0.310 e. The summed E-state index contributed by atoms with van der Waals surface area (Å²) in [6.45, 7) is 0.287. The Morgan fingerprint density at radius 3 is 2.53 bits per heavy atom. The van der Waals surface area contributed by atoms with Gasteiger partial charge in [-0.2, -0.15) is 0 Å². The van der Waals surface area contributed by atoms with Gasteiger partial charge in [0.2, 0.25) is 0 Å². The molecule has 0 atom stereocenters. The van der Waals surface area contributed by atoms with Gasteiger partial charge in [-0.3, -0.25) is 4.79 Å².